The van der Waals surface area contributed by atoms with Gasteiger partial charge in [-0.1, -0.05) is 6.07 Å². The number of nitrogens with zero attached hydrogens (tertiary/aromatic N) is 2. The Bertz CT molecular complexity index is 410. The van der Waals surface area contributed by atoms with Gasteiger partial charge in [0.05, 0.1) is 12.2 Å². The van der Waals surface area contributed by atoms with Crippen LogP contribution < -0.4 is 4.90 Å². The second-order valence-electron chi connectivity index (χ2n) is 4.60. The zero-order chi connectivity index (χ0) is 12.4. The van der Waals surface area contributed by atoms with Gasteiger partial charge in [0.2, 0.25) is 0 Å². The second kappa shape index (κ2) is 4.84. The largest absolute Gasteiger partial charge is 0.372 e. The summed E-state index contributed by atoms with van der Waals surface area (Å²) < 4.78 is 5.68. The summed E-state index contributed by atoms with van der Waals surface area (Å²) in [6, 6.07) is 5.57. The number of anilines is 1. The number of aromatic nitrogens is 1. The summed E-state index contributed by atoms with van der Waals surface area (Å²) in [6.45, 7) is 7.28. The van der Waals surface area contributed by atoms with Gasteiger partial charge < -0.3 is 9.64 Å². The third kappa shape index (κ3) is 2.82. The van der Waals surface area contributed by atoms with E-state index in [0.29, 0.717) is 5.69 Å². The molecular weight excluding hydrogens is 216 g/mol. The molecule has 1 saturated heterocycles. The average molecular weight is 234 g/mol. The maximum absolute atomic E-state index is 11.3. The summed E-state index contributed by atoms with van der Waals surface area (Å²) in [5.41, 5.74) is 0.522. The van der Waals surface area contributed by atoms with Crippen LogP contribution in [0, 0.1) is 0 Å². The predicted molar refractivity (Wildman–Crippen MR) is 66.5 cm³/mol. The fourth-order valence-electron chi connectivity index (χ4n) is 2.16. The number of pyridine rings is 1. The molecule has 0 aromatic carbocycles. The molecule has 0 aliphatic carbocycles. The molecule has 1 aliphatic heterocycles. The zero-order valence-corrected chi connectivity index (χ0v) is 10.5. The third-order valence-corrected chi connectivity index (χ3v) is 2.84. The summed E-state index contributed by atoms with van der Waals surface area (Å²) in [5, 5.41) is 0. The van der Waals surface area contributed by atoms with E-state index in [1.807, 2.05) is 12.1 Å². The fraction of sp³-hybridized carbons (Fsp3) is 0.538. The van der Waals surface area contributed by atoms with E-state index in [0.717, 1.165) is 18.9 Å². The molecule has 0 spiro atoms. The molecule has 2 unspecified atom stereocenters. The van der Waals surface area contributed by atoms with E-state index >= 15 is 0 Å². The monoisotopic (exact) mass is 234 g/mol. The van der Waals surface area contributed by atoms with E-state index in [1.165, 1.54) is 6.92 Å². The number of rotatable bonds is 2. The van der Waals surface area contributed by atoms with Crippen LogP contribution in [0.1, 0.15) is 31.3 Å². The fourth-order valence-corrected chi connectivity index (χ4v) is 2.16. The normalized spacial score (nSPS) is 24.8. The predicted octanol–water partition coefficient (Wildman–Crippen LogP) is 1.90. The van der Waals surface area contributed by atoms with Crippen LogP contribution in [0.25, 0.3) is 0 Å². The van der Waals surface area contributed by atoms with E-state index < -0.39 is 0 Å². The van der Waals surface area contributed by atoms with Crippen molar-refractivity contribution in [3.05, 3.63) is 23.9 Å². The molecule has 2 rings (SSSR count). The van der Waals surface area contributed by atoms with Gasteiger partial charge in [-0.05, 0) is 26.0 Å². The molecule has 1 aromatic heterocycles. The van der Waals surface area contributed by atoms with Crippen molar-refractivity contribution in [2.75, 3.05) is 18.0 Å². The molecule has 0 saturated carbocycles. The summed E-state index contributed by atoms with van der Waals surface area (Å²) >= 11 is 0. The van der Waals surface area contributed by atoms with Gasteiger partial charge in [-0.15, -0.1) is 0 Å². The molecular formula is C13H18N2O2. The van der Waals surface area contributed by atoms with Gasteiger partial charge in [0.1, 0.15) is 11.5 Å². The van der Waals surface area contributed by atoms with E-state index in [4.69, 9.17) is 4.74 Å². The Hall–Kier alpha value is -1.42. The number of ketones is 1. The van der Waals surface area contributed by atoms with Crippen molar-refractivity contribution >= 4 is 11.6 Å². The molecule has 1 fully saturated rings. The van der Waals surface area contributed by atoms with Crippen LogP contribution in [0.5, 0.6) is 0 Å². The quantitative estimate of drug-likeness (QED) is 0.733. The summed E-state index contributed by atoms with van der Waals surface area (Å²) in [5.74, 6) is 0.862. The second-order valence-corrected chi connectivity index (χ2v) is 4.60. The van der Waals surface area contributed by atoms with Crippen LogP contribution in [-0.2, 0) is 4.74 Å². The minimum Gasteiger partial charge on any atom is -0.372 e. The van der Waals surface area contributed by atoms with Crippen LogP contribution in [-0.4, -0.2) is 36.1 Å². The lowest BCUT2D eigenvalue weighted by atomic mass is 10.2. The Labute approximate surface area is 102 Å². The van der Waals surface area contributed by atoms with Crippen molar-refractivity contribution in [2.45, 2.75) is 33.0 Å². The van der Waals surface area contributed by atoms with Crippen molar-refractivity contribution in [1.29, 1.82) is 0 Å². The number of carbonyl (C=O) groups is 1. The third-order valence-electron chi connectivity index (χ3n) is 2.84. The highest BCUT2D eigenvalue weighted by Gasteiger charge is 2.23. The molecule has 0 amide bonds. The van der Waals surface area contributed by atoms with Gasteiger partial charge in [0.25, 0.3) is 0 Å². The lowest BCUT2D eigenvalue weighted by Crippen LogP contribution is -2.45. The molecule has 1 aromatic rings. The maximum atomic E-state index is 11.3. The maximum Gasteiger partial charge on any atom is 0.178 e. The lowest BCUT2D eigenvalue weighted by Gasteiger charge is -2.36. The van der Waals surface area contributed by atoms with Crippen LogP contribution in [0.3, 0.4) is 0 Å². The van der Waals surface area contributed by atoms with Gasteiger partial charge in [-0.2, -0.15) is 0 Å². The van der Waals surface area contributed by atoms with Crippen molar-refractivity contribution in [1.82, 2.24) is 4.98 Å². The first-order valence-electron chi connectivity index (χ1n) is 5.94. The van der Waals surface area contributed by atoms with E-state index in [-0.39, 0.29) is 18.0 Å². The van der Waals surface area contributed by atoms with Gasteiger partial charge >= 0.3 is 0 Å². The topological polar surface area (TPSA) is 42.4 Å². The Morgan fingerprint density at radius 3 is 2.59 bits per heavy atom. The highest BCUT2D eigenvalue weighted by Crippen LogP contribution is 2.18. The molecule has 4 heteroatoms. The van der Waals surface area contributed by atoms with Crippen molar-refractivity contribution < 1.29 is 9.53 Å². The number of morpholine rings is 1. The standard InChI is InChI=1S/C13H18N2O2/c1-9-7-15(8-10(2)17-9)13-6-4-5-12(14-13)11(3)16/h4-6,9-10H,7-8H2,1-3H3. The van der Waals surface area contributed by atoms with Crippen molar-refractivity contribution in [3.8, 4) is 0 Å². The first-order valence-corrected chi connectivity index (χ1v) is 5.94. The van der Waals surface area contributed by atoms with E-state index in [2.05, 4.69) is 23.7 Å². The zero-order valence-electron chi connectivity index (χ0n) is 10.5. The van der Waals surface area contributed by atoms with E-state index in [1.54, 1.807) is 6.07 Å². The molecule has 4 nitrogen and oxygen atoms in total. The molecule has 2 heterocycles. The molecule has 17 heavy (non-hydrogen) atoms. The molecule has 1 aliphatic rings. The van der Waals surface area contributed by atoms with Gasteiger partial charge in [-0.3, -0.25) is 4.79 Å². The SMILES string of the molecule is CC(=O)c1cccc(N2CC(C)OC(C)C2)n1. The number of hydrogen-bond acceptors (Lipinski definition) is 4. The highest BCUT2D eigenvalue weighted by molar-refractivity contribution is 5.92. The van der Waals surface area contributed by atoms with Crippen LogP contribution in [0.15, 0.2) is 18.2 Å². The minimum atomic E-state index is 0.00112. The van der Waals surface area contributed by atoms with Gasteiger partial charge in [0, 0.05) is 20.0 Å². The number of Topliss-reactive ketones (excluding diaryl/α,β-unsaturated/α-hetero) is 1. The highest BCUT2D eigenvalue weighted by atomic mass is 16.5. The van der Waals surface area contributed by atoms with Gasteiger partial charge in [-0.25, -0.2) is 4.98 Å². The Morgan fingerprint density at radius 2 is 2.00 bits per heavy atom. The van der Waals surface area contributed by atoms with Crippen molar-refractivity contribution in [2.24, 2.45) is 0 Å². The van der Waals surface area contributed by atoms with Crippen LogP contribution in [0.2, 0.25) is 0 Å². The smallest absolute Gasteiger partial charge is 0.178 e. The van der Waals surface area contributed by atoms with Gasteiger partial charge in [0.15, 0.2) is 5.78 Å². The summed E-state index contributed by atoms with van der Waals surface area (Å²) in [4.78, 5) is 17.9. The van der Waals surface area contributed by atoms with Crippen molar-refractivity contribution in [3.63, 3.8) is 0 Å². The Kier molecular flexibility index (Phi) is 3.43. The van der Waals surface area contributed by atoms with Crippen LogP contribution in [0.4, 0.5) is 5.82 Å². The first kappa shape index (κ1) is 12.0. The lowest BCUT2D eigenvalue weighted by molar-refractivity contribution is -0.00546. The molecule has 92 valence electrons. The molecule has 0 bridgehead atoms. The summed E-state index contributed by atoms with van der Waals surface area (Å²) in [7, 11) is 0. The van der Waals surface area contributed by atoms with E-state index in [9.17, 15) is 4.79 Å². The first-order chi connectivity index (χ1) is 8.06. The molecule has 2 atom stereocenters. The molecule has 0 N–H and O–H groups in total. The Morgan fingerprint density at radius 1 is 1.35 bits per heavy atom. The van der Waals surface area contributed by atoms with Crippen LogP contribution >= 0.6 is 0 Å². The number of carbonyl (C=O) groups excluding carboxylic acids is 1. The number of ether oxygens (including phenoxy) is 1. The molecule has 0 radical (unpaired) electrons. The average Bonchev–Trinajstić information content (AvgIpc) is 2.28. The summed E-state index contributed by atoms with van der Waals surface area (Å²) in [6.07, 6.45) is 0.392. The number of hydrogen-bond donors (Lipinski definition) is 0. The Balaban J connectivity index is 2.21. The minimum absolute atomic E-state index is 0.00112.